The number of piperazine rings is 1. The van der Waals surface area contributed by atoms with Gasteiger partial charge in [-0.2, -0.15) is 0 Å². The van der Waals surface area contributed by atoms with Crippen molar-refractivity contribution in [3.05, 3.63) is 36.0 Å². The Labute approximate surface area is 161 Å². The third-order valence-corrected chi connectivity index (χ3v) is 5.46. The van der Waals surface area contributed by atoms with E-state index in [1.165, 1.54) is 10.8 Å². The van der Waals surface area contributed by atoms with E-state index in [9.17, 15) is 0 Å². The minimum Gasteiger partial charge on any atom is -0.379 e. The van der Waals surface area contributed by atoms with Gasteiger partial charge in [0.1, 0.15) is 11.5 Å². The molecule has 2 saturated heterocycles. The lowest BCUT2D eigenvalue weighted by Gasteiger charge is -2.35. The average Bonchev–Trinajstić information content (AvgIpc) is 2.74. The zero-order valence-electron chi connectivity index (χ0n) is 16.2. The first-order chi connectivity index (χ1) is 13.3. The maximum Gasteiger partial charge on any atom is 0.138 e. The van der Waals surface area contributed by atoms with Crippen LogP contribution in [0.2, 0.25) is 0 Å². The van der Waals surface area contributed by atoms with Crippen molar-refractivity contribution in [3.8, 4) is 11.8 Å². The molecule has 2 aliphatic heterocycles. The second kappa shape index (κ2) is 8.71. The topological polar surface area (TPSA) is 31.8 Å². The second-order valence-corrected chi connectivity index (χ2v) is 7.16. The van der Waals surface area contributed by atoms with Crippen LogP contribution in [0.4, 0.5) is 5.82 Å². The minimum absolute atomic E-state index is 0.780. The van der Waals surface area contributed by atoms with E-state index in [0.717, 1.165) is 77.1 Å². The molecule has 0 radical (unpaired) electrons. The van der Waals surface area contributed by atoms with E-state index in [1.54, 1.807) is 0 Å². The van der Waals surface area contributed by atoms with Crippen LogP contribution in [0.3, 0.4) is 0 Å². The Morgan fingerprint density at radius 3 is 2.56 bits per heavy atom. The molecule has 0 saturated carbocycles. The molecular formula is C22H28N4O. The highest BCUT2D eigenvalue weighted by atomic mass is 16.5. The number of aromatic nitrogens is 1. The van der Waals surface area contributed by atoms with Gasteiger partial charge in [-0.15, -0.1) is 0 Å². The van der Waals surface area contributed by atoms with Crippen molar-refractivity contribution < 1.29 is 4.74 Å². The van der Waals surface area contributed by atoms with E-state index in [1.807, 2.05) is 0 Å². The molecule has 2 fully saturated rings. The second-order valence-electron chi connectivity index (χ2n) is 7.16. The number of nitrogens with zero attached hydrogens (tertiary/aromatic N) is 4. The summed E-state index contributed by atoms with van der Waals surface area (Å²) < 4.78 is 5.40. The van der Waals surface area contributed by atoms with Gasteiger partial charge in [0.25, 0.3) is 0 Å². The third kappa shape index (κ3) is 4.41. The van der Waals surface area contributed by atoms with Crippen LogP contribution in [-0.4, -0.2) is 80.4 Å². The lowest BCUT2D eigenvalue weighted by atomic mass is 10.1. The molecule has 0 spiro atoms. The summed E-state index contributed by atoms with van der Waals surface area (Å²) >= 11 is 0. The number of rotatable bonds is 3. The molecule has 0 atom stereocenters. The lowest BCUT2D eigenvalue weighted by Crippen LogP contribution is -2.46. The summed E-state index contributed by atoms with van der Waals surface area (Å²) in [4.78, 5) is 12.2. The number of pyridine rings is 1. The van der Waals surface area contributed by atoms with Gasteiger partial charge < -0.3 is 14.5 Å². The van der Waals surface area contributed by atoms with Gasteiger partial charge in [-0.3, -0.25) is 4.90 Å². The number of benzene rings is 1. The highest BCUT2D eigenvalue weighted by Gasteiger charge is 2.19. The van der Waals surface area contributed by atoms with Crippen LogP contribution >= 0.6 is 0 Å². The van der Waals surface area contributed by atoms with Crippen molar-refractivity contribution in [1.82, 2.24) is 14.8 Å². The number of hydrogen-bond donors (Lipinski definition) is 0. The molecule has 0 amide bonds. The lowest BCUT2D eigenvalue weighted by molar-refractivity contribution is 0.0443. The number of ether oxygens (including phenoxy) is 1. The normalized spacial score (nSPS) is 19.1. The quantitative estimate of drug-likeness (QED) is 0.779. The number of morpholine rings is 1. The summed E-state index contributed by atoms with van der Waals surface area (Å²) in [6.45, 7) is 11.9. The zero-order chi connectivity index (χ0) is 18.5. The van der Waals surface area contributed by atoms with Crippen LogP contribution in [0, 0.1) is 11.8 Å². The van der Waals surface area contributed by atoms with E-state index < -0.39 is 0 Å². The Morgan fingerprint density at radius 2 is 1.78 bits per heavy atom. The highest BCUT2D eigenvalue weighted by molar-refractivity contribution is 5.93. The van der Waals surface area contributed by atoms with Crippen LogP contribution < -0.4 is 4.90 Å². The molecule has 27 heavy (non-hydrogen) atoms. The Balaban J connectivity index is 1.57. The molecule has 0 N–H and O–H groups in total. The van der Waals surface area contributed by atoms with Gasteiger partial charge in [-0.25, -0.2) is 4.98 Å². The predicted molar refractivity (Wildman–Crippen MR) is 110 cm³/mol. The van der Waals surface area contributed by atoms with Gasteiger partial charge in [0, 0.05) is 44.7 Å². The van der Waals surface area contributed by atoms with Gasteiger partial charge >= 0.3 is 0 Å². The van der Waals surface area contributed by atoms with Gasteiger partial charge in [0.05, 0.1) is 19.8 Å². The van der Waals surface area contributed by atoms with Crippen LogP contribution in [0.5, 0.6) is 0 Å². The number of hydrogen-bond acceptors (Lipinski definition) is 5. The van der Waals surface area contributed by atoms with Crippen molar-refractivity contribution in [2.24, 2.45) is 0 Å². The van der Waals surface area contributed by atoms with E-state index in [4.69, 9.17) is 9.72 Å². The summed E-state index contributed by atoms with van der Waals surface area (Å²) in [5.41, 5.74) is 0.870. The molecule has 1 aromatic carbocycles. The molecular weight excluding hydrogens is 336 g/mol. The monoisotopic (exact) mass is 364 g/mol. The Bertz CT molecular complexity index is 827. The summed E-state index contributed by atoms with van der Waals surface area (Å²) in [7, 11) is 0. The van der Waals surface area contributed by atoms with E-state index >= 15 is 0 Å². The van der Waals surface area contributed by atoms with E-state index in [0.29, 0.717) is 0 Å². The molecule has 5 nitrogen and oxygen atoms in total. The smallest absolute Gasteiger partial charge is 0.138 e. The molecule has 5 heteroatoms. The molecule has 0 unspecified atom stereocenters. The van der Waals surface area contributed by atoms with Crippen molar-refractivity contribution >= 4 is 16.6 Å². The zero-order valence-corrected chi connectivity index (χ0v) is 16.2. The fourth-order valence-electron chi connectivity index (χ4n) is 3.76. The Hall–Kier alpha value is -2.13. The molecule has 142 valence electrons. The minimum atomic E-state index is 0.780. The van der Waals surface area contributed by atoms with Gasteiger partial charge in [0.2, 0.25) is 0 Å². The molecule has 2 aromatic rings. The fourth-order valence-corrected chi connectivity index (χ4v) is 3.76. The molecule has 2 aliphatic rings. The summed E-state index contributed by atoms with van der Waals surface area (Å²) in [5.74, 6) is 7.70. The van der Waals surface area contributed by atoms with Gasteiger partial charge in [-0.1, -0.05) is 37.1 Å². The van der Waals surface area contributed by atoms with Crippen molar-refractivity contribution in [2.45, 2.75) is 6.92 Å². The third-order valence-electron chi connectivity index (χ3n) is 5.46. The van der Waals surface area contributed by atoms with Crippen LogP contribution in [0.1, 0.15) is 12.6 Å². The van der Waals surface area contributed by atoms with Gasteiger partial charge in [0.15, 0.2) is 0 Å². The Morgan fingerprint density at radius 1 is 1.00 bits per heavy atom. The molecule has 1 aromatic heterocycles. The first kappa shape index (κ1) is 18.2. The van der Waals surface area contributed by atoms with E-state index in [-0.39, 0.29) is 0 Å². The molecule has 3 heterocycles. The number of likely N-dealkylation sites (N-methyl/N-ethyl adjacent to an activating group) is 1. The first-order valence-corrected chi connectivity index (χ1v) is 9.99. The SMILES string of the molecule is CCN1CCN(c2nc(C#CCN3CCOCC3)cc3ccccc23)CC1. The standard InChI is InChI=1S/C22H28N4O/c1-2-24-10-12-26(13-11-24)22-21-8-4-3-6-19(21)18-20(23-22)7-5-9-25-14-16-27-17-15-25/h3-4,6,8,18H,2,9-17H2,1H3. The summed E-state index contributed by atoms with van der Waals surface area (Å²) in [6, 6.07) is 10.6. The van der Waals surface area contributed by atoms with Crippen LogP contribution in [-0.2, 0) is 4.74 Å². The largest absolute Gasteiger partial charge is 0.379 e. The van der Waals surface area contributed by atoms with Crippen LogP contribution in [0.25, 0.3) is 10.8 Å². The first-order valence-electron chi connectivity index (χ1n) is 9.99. The number of anilines is 1. The number of fused-ring (bicyclic) bond motifs is 1. The van der Waals surface area contributed by atoms with Crippen LogP contribution in [0.15, 0.2) is 30.3 Å². The summed E-state index contributed by atoms with van der Waals surface area (Å²) in [6.07, 6.45) is 0. The van der Waals surface area contributed by atoms with Crippen molar-refractivity contribution in [1.29, 1.82) is 0 Å². The van der Waals surface area contributed by atoms with Crippen molar-refractivity contribution in [2.75, 3.05) is 70.5 Å². The molecule has 4 rings (SSSR count). The fraction of sp³-hybridized carbons (Fsp3) is 0.500. The van der Waals surface area contributed by atoms with Crippen molar-refractivity contribution in [3.63, 3.8) is 0 Å². The molecule has 0 aliphatic carbocycles. The maximum absolute atomic E-state index is 5.40. The van der Waals surface area contributed by atoms with E-state index in [2.05, 4.69) is 63.8 Å². The maximum atomic E-state index is 5.40. The van der Waals surface area contributed by atoms with Gasteiger partial charge in [-0.05, 0) is 23.9 Å². The predicted octanol–water partition coefficient (Wildman–Crippen LogP) is 2.06. The summed E-state index contributed by atoms with van der Waals surface area (Å²) in [5, 5.41) is 2.44. The highest BCUT2D eigenvalue weighted by Crippen LogP contribution is 2.26. The molecule has 0 bridgehead atoms. The Kier molecular flexibility index (Phi) is 5.88. The average molecular weight is 364 g/mol.